The van der Waals surface area contributed by atoms with Crippen LogP contribution in [-0.2, 0) is 61.5 Å². The Morgan fingerprint density at radius 2 is 1.39 bits per heavy atom. The van der Waals surface area contributed by atoms with Gasteiger partial charge in [-0.15, -0.1) is 11.8 Å². The number of methoxy groups -OCH3 is 1. The summed E-state index contributed by atoms with van der Waals surface area (Å²) in [6.45, 7) is 7.69. The molecule has 11 atom stereocenters. The molecule has 8 rings (SSSR count). The number of carbonyl (C=O) groups is 1. The largest absolute Gasteiger partial charge is 0.469 e. The molecule has 0 spiro atoms. The summed E-state index contributed by atoms with van der Waals surface area (Å²) in [6.07, 6.45) is -1.46. The van der Waals surface area contributed by atoms with E-state index < -0.39 is 36.3 Å². The van der Waals surface area contributed by atoms with E-state index in [2.05, 4.69) is 62.4 Å². The van der Waals surface area contributed by atoms with Gasteiger partial charge in [0.1, 0.15) is 17.1 Å². The highest BCUT2D eigenvalue weighted by Crippen LogP contribution is 2.46. The lowest BCUT2D eigenvalue weighted by Gasteiger charge is -2.50. The van der Waals surface area contributed by atoms with Crippen LogP contribution >= 0.6 is 11.8 Å². The third-order valence-electron chi connectivity index (χ3n) is 13.6. The van der Waals surface area contributed by atoms with Crippen LogP contribution in [0.25, 0.3) is 0 Å². The summed E-state index contributed by atoms with van der Waals surface area (Å²) in [5.41, 5.74) is 4.64. The second-order valence-electron chi connectivity index (χ2n) is 18.1. The lowest BCUT2D eigenvalue weighted by molar-refractivity contribution is -0.294. The average Bonchev–Trinajstić information content (AvgIpc) is 3.36. The molecule has 0 radical (unpaired) electrons. The Morgan fingerprint density at radius 1 is 0.791 bits per heavy atom. The summed E-state index contributed by atoms with van der Waals surface area (Å²) in [5, 5.41) is 11.4. The van der Waals surface area contributed by atoms with Gasteiger partial charge in [0.05, 0.1) is 62.5 Å². The van der Waals surface area contributed by atoms with Crippen molar-refractivity contribution in [3.05, 3.63) is 179 Å². The van der Waals surface area contributed by atoms with Crippen LogP contribution in [0.2, 0.25) is 0 Å². The van der Waals surface area contributed by atoms with Crippen molar-refractivity contribution in [1.82, 2.24) is 0 Å². The second kappa shape index (κ2) is 23.7. The summed E-state index contributed by atoms with van der Waals surface area (Å²) in [7, 11) is 1.44. The maximum atomic E-state index is 13.3. The van der Waals surface area contributed by atoms with Gasteiger partial charge in [0.25, 0.3) is 0 Å². The minimum atomic E-state index is -1.06. The van der Waals surface area contributed by atoms with Crippen molar-refractivity contribution in [2.75, 3.05) is 27.1 Å². The number of carbonyl (C=O) groups excluding carboxylic acids is 1. The predicted molar refractivity (Wildman–Crippen MR) is 259 cm³/mol. The van der Waals surface area contributed by atoms with Gasteiger partial charge in [0.15, 0.2) is 13.1 Å². The molecule has 67 heavy (non-hydrogen) atoms. The van der Waals surface area contributed by atoms with Crippen molar-refractivity contribution in [2.24, 2.45) is 17.8 Å². The van der Waals surface area contributed by atoms with Gasteiger partial charge in [-0.2, -0.15) is 0 Å². The fourth-order valence-corrected chi connectivity index (χ4v) is 11.2. The van der Waals surface area contributed by atoms with Crippen molar-refractivity contribution in [3.8, 4) is 0 Å². The molecule has 11 heteroatoms. The topological polar surface area (TPSA) is 111 Å². The number of aryl methyl sites for hydroxylation is 1. The summed E-state index contributed by atoms with van der Waals surface area (Å²) < 4.78 is 53.0. The first-order chi connectivity index (χ1) is 32.8. The zero-order chi connectivity index (χ0) is 46.6. The summed E-state index contributed by atoms with van der Waals surface area (Å²) in [5.74, 6) is -0.981. The Bertz CT molecular complexity index is 2190. The highest BCUT2D eigenvalue weighted by atomic mass is 32.2. The zero-order valence-electron chi connectivity index (χ0n) is 39.1. The molecule has 2 heterocycles. The van der Waals surface area contributed by atoms with Gasteiger partial charge in [0.2, 0.25) is 0 Å². The van der Waals surface area contributed by atoms with Crippen molar-refractivity contribution in [3.63, 3.8) is 0 Å². The molecule has 3 aliphatic rings. The van der Waals surface area contributed by atoms with Crippen LogP contribution in [0.4, 0.5) is 0 Å². The molecule has 1 N–H and O–H groups in total. The SMILES string of the molecule is CC[C@@H]1CC(C(=O)OC)CC(O[C@@H]2S[C@H]3COC3C(O)C2C)[C@H]1OC(OCOC(c1ccccc1)(c1ccccc1)c1ccc(C)cc1)[C@H](CCOCc1ccccc1)OCc1ccccc1. The van der Waals surface area contributed by atoms with Gasteiger partial charge < -0.3 is 43.0 Å². The molecule has 6 unspecified atom stereocenters. The predicted octanol–water partition coefficient (Wildman–Crippen LogP) is 10.0. The monoisotopic (exact) mass is 930 g/mol. The van der Waals surface area contributed by atoms with Crippen molar-refractivity contribution in [1.29, 1.82) is 0 Å². The van der Waals surface area contributed by atoms with E-state index in [0.717, 1.165) is 33.4 Å². The van der Waals surface area contributed by atoms with Crippen molar-refractivity contribution < 1.29 is 47.8 Å². The molecule has 356 valence electrons. The number of aliphatic hydroxyl groups excluding tert-OH is 1. The maximum absolute atomic E-state index is 13.3. The molecular formula is C56H66O10S. The van der Waals surface area contributed by atoms with Crippen LogP contribution in [-0.4, -0.2) is 85.7 Å². The van der Waals surface area contributed by atoms with E-state index in [-0.39, 0.29) is 47.3 Å². The third kappa shape index (κ3) is 11.9. The Hall–Kier alpha value is -4.40. The number of fused-ring (bicyclic) bond motifs is 1. The standard InChI is InChI=1S/C56H66O10S/c1-5-42-32-43(53(58)59-4)33-48(65-55-39(3)50(57)52-49(67-55)36-62-52)51(42)66-54(47(61-35-41-20-12-7-13-21-41)30-31-60-34-40-18-10-6-11-19-40)63-37-64-56(44-22-14-8-15-23-44,45-24-16-9-17-25-45)46-28-26-38(2)27-29-46/h6-29,39,42-43,47-52,54-55,57H,5,30-37H2,1-4H3/t39?,42-,43?,47+,48?,49+,50?,51+,52?,54?,55-/m1/s1. The number of ether oxygens (including phenoxy) is 8. The normalized spacial score (nSPS) is 25.9. The number of rotatable bonds is 22. The van der Waals surface area contributed by atoms with Gasteiger partial charge in [-0.1, -0.05) is 171 Å². The fraction of sp³-hybridized carbons (Fsp3) is 0.446. The fourth-order valence-electron chi connectivity index (χ4n) is 9.71. The van der Waals surface area contributed by atoms with Crippen LogP contribution in [0.15, 0.2) is 146 Å². The van der Waals surface area contributed by atoms with Crippen molar-refractivity contribution in [2.45, 2.75) is 113 Å². The number of benzene rings is 5. The van der Waals surface area contributed by atoms with Crippen LogP contribution in [0.1, 0.15) is 72.9 Å². The highest BCUT2D eigenvalue weighted by molar-refractivity contribution is 8.00. The Kier molecular flexibility index (Phi) is 17.4. The van der Waals surface area contributed by atoms with Gasteiger partial charge in [-0.05, 0) is 53.5 Å². The first kappa shape index (κ1) is 49.0. The van der Waals surface area contributed by atoms with E-state index in [1.807, 2.05) is 104 Å². The maximum Gasteiger partial charge on any atom is 0.308 e. The van der Waals surface area contributed by atoms with Gasteiger partial charge in [-0.3, -0.25) is 4.79 Å². The number of hydrogen-bond donors (Lipinski definition) is 1. The Labute approximate surface area is 400 Å². The molecule has 1 aliphatic carbocycles. The zero-order valence-corrected chi connectivity index (χ0v) is 39.9. The summed E-state index contributed by atoms with van der Waals surface area (Å²) in [6, 6.07) is 49.1. The molecule has 5 aromatic rings. The molecule has 5 aromatic carbocycles. The quantitative estimate of drug-likeness (QED) is 0.0310. The molecule has 10 nitrogen and oxygen atoms in total. The lowest BCUT2D eigenvalue weighted by Crippen LogP contribution is -2.60. The van der Waals surface area contributed by atoms with Gasteiger partial charge >= 0.3 is 5.97 Å². The highest BCUT2D eigenvalue weighted by Gasteiger charge is 2.52. The van der Waals surface area contributed by atoms with Crippen LogP contribution in [0, 0.1) is 24.7 Å². The lowest BCUT2D eigenvalue weighted by atomic mass is 9.76. The molecule has 3 fully saturated rings. The minimum Gasteiger partial charge on any atom is -0.469 e. The molecule has 0 amide bonds. The molecular weight excluding hydrogens is 865 g/mol. The first-order valence-corrected chi connectivity index (χ1v) is 24.8. The van der Waals surface area contributed by atoms with E-state index in [0.29, 0.717) is 52.1 Å². The Balaban J connectivity index is 1.15. The van der Waals surface area contributed by atoms with Gasteiger partial charge in [0, 0.05) is 18.9 Å². The molecule has 2 aliphatic heterocycles. The third-order valence-corrected chi connectivity index (χ3v) is 15.2. The second-order valence-corrected chi connectivity index (χ2v) is 19.4. The van der Waals surface area contributed by atoms with Crippen molar-refractivity contribution >= 4 is 17.7 Å². The Morgan fingerprint density at radius 3 is 1.97 bits per heavy atom. The number of thioether (sulfide) groups is 1. The number of esters is 1. The van der Waals surface area contributed by atoms with Crippen LogP contribution in [0.5, 0.6) is 0 Å². The average molecular weight is 931 g/mol. The van der Waals surface area contributed by atoms with E-state index in [1.165, 1.54) is 7.11 Å². The summed E-state index contributed by atoms with van der Waals surface area (Å²) in [4.78, 5) is 13.3. The van der Waals surface area contributed by atoms with E-state index in [9.17, 15) is 9.90 Å². The smallest absolute Gasteiger partial charge is 0.308 e. The molecule has 2 saturated heterocycles. The molecule has 0 aromatic heterocycles. The summed E-state index contributed by atoms with van der Waals surface area (Å²) >= 11 is 1.70. The molecule has 0 bridgehead atoms. The van der Waals surface area contributed by atoms with E-state index >= 15 is 0 Å². The first-order valence-electron chi connectivity index (χ1n) is 23.8. The van der Waals surface area contributed by atoms with Crippen LogP contribution < -0.4 is 0 Å². The van der Waals surface area contributed by atoms with E-state index in [1.54, 1.807) is 11.8 Å². The number of hydrogen-bond acceptors (Lipinski definition) is 11. The van der Waals surface area contributed by atoms with E-state index in [4.69, 9.17) is 37.9 Å². The van der Waals surface area contributed by atoms with Crippen LogP contribution in [0.3, 0.4) is 0 Å². The molecule has 1 saturated carbocycles. The number of aliphatic hydroxyl groups is 1. The van der Waals surface area contributed by atoms with Gasteiger partial charge in [-0.25, -0.2) is 0 Å². The minimum absolute atomic E-state index is 0.104.